The van der Waals surface area contributed by atoms with Gasteiger partial charge in [0.15, 0.2) is 6.61 Å². The van der Waals surface area contributed by atoms with Crippen LogP contribution in [0.2, 0.25) is 0 Å². The lowest BCUT2D eigenvalue weighted by Gasteiger charge is -2.13. The molecule has 27 heavy (non-hydrogen) atoms. The number of nitrogens with one attached hydrogen (secondary N) is 1. The molecule has 1 heterocycles. The second-order valence-electron chi connectivity index (χ2n) is 6.26. The van der Waals surface area contributed by atoms with Crippen LogP contribution in [0.25, 0.3) is 0 Å². The first-order valence-electron chi connectivity index (χ1n) is 8.50. The van der Waals surface area contributed by atoms with E-state index < -0.39 is 18.5 Å². The number of nitrogens with zero attached hydrogens (tertiary/aromatic N) is 1. The summed E-state index contributed by atoms with van der Waals surface area (Å²) in [5.41, 5.74) is 0.310. The van der Waals surface area contributed by atoms with E-state index in [4.69, 9.17) is 9.47 Å². The minimum Gasteiger partial charge on any atom is -0.493 e. The number of rotatable bonds is 9. The maximum atomic E-state index is 12.0. The Bertz CT molecular complexity index is 688. The van der Waals surface area contributed by atoms with Crippen LogP contribution in [0, 0.1) is 5.92 Å². The molecule has 0 aromatic heterocycles. The Kier molecular flexibility index (Phi) is 7.66. The Hall–Kier alpha value is -2.55. The summed E-state index contributed by atoms with van der Waals surface area (Å²) in [6.45, 7) is 4.42. The van der Waals surface area contributed by atoms with Crippen molar-refractivity contribution in [3.05, 3.63) is 29.8 Å². The number of ether oxygens (including phenoxy) is 2. The third kappa shape index (κ3) is 6.59. The van der Waals surface area contributed by atoms with E-state index in [1.807, 2.05) is 13.8 Å². The van der Waals surface area contributed by atoms with Gasteiger partial charge in [-0.3, -0.25) is 19.3 Å². The Balaban J connectivity index is 1.69. The average molecular weight is 394 g/mol. The zero-order valence-electron chi connectivity index (χ0n) is 15.2. The van der Waals surface area contributed by atoms with E-state index in [1.165, 1.54) is 0 Å². The molecule has 1 aliphatic rings. The van der Waals surface area contributed by atoms with Crippen LogP contribution in [-0.4, -0.2) is 60.0 Å². The molecule has 0 unspecified atom stereocenters. The van der Waals surface area contributed by atoms with Gasteiger partial charge in [0, 0.05) is 13.1 Å². The minimum atomic E-state index is -0.623. The van der Waals surface area contributed by atoms with E-state index in [-0.39, 0.29) is 30.0 Å². The van der Waals surface area contributed by atoms with Crippen molar-refractivity contribution < 1.29 is 28.7 Å². The van der Waals surface area contributed by atoms with Crippen molar-refractivity contribution in [2.24, 2.45) is 5.92 Å². The van der Waals surface area contributed by atoms with E-state index in [0.717, 1.165) is 16.7 Å². The van der Waals surface area contributed by atoms with Gasteiger partial charge in [-0.15, -0.1) is 0 Å². The first-order chi connectivity index (χ1) is 12.9. The topological polar surface area (TPSA) is 102 Å². The van der Waals surface area contributed by atoms with Gasteiger partial charge < -0.3 is 14.8 Å². The molecule has 0 bridgehead atoms. The molecule has 1 aromatic carbocycles. The molecule has 1 saturated heterocycles. The van der Waals surface area contributed by atoms with Crippen molar-refractivity contribution in [3.8, 4) is 5.75 Å². The molecule has 2 rings (SSSR count). The zero-order valence-corrected chi connectivity index (χ0v) is 16.0. The summed E-state index contributed by atoms with van der Waals surface area (Å²) in [7, 11) is 0. The molecule has 8 nitrogen and oxygen atoms in total. The summed E-state index contributed by atoms with van der Waals surface area (Å²) < 4.78 is 10.5. The standard InChI is InChI=1S/C18H22N2O6S/c1-12(2)9-25-14-5-3-13(4-6-14)17(23)26-10-15(21)19-7-8-20-16(22)11-27-18(20)24/h3-6,12H,7-11H2,1-2H3,(H,19,21). The van der Waals surface area contributed by atoms with Crippen molar-refractivity contribution in [2.75, 3.05) is 32.1 Å². The first-order valence-corrected chi connectivity index (χ1v) is 9.49. The van der Waals surface area contributed by atoms with E-state index in [9.17, 15) is 19.2 Å². The summed E-state index contributed by atoms with van der Waals surface area (Å²) in [5, 5.41) is 2.18. The molecular formula is C18H22N2O6S. The molecule has 0 atom stereocenters. The number of hydrogen-bond donors (Lipinski definition) is 1. The molecule has 9 heteroatoms. The monoisotopic (exact) mass is 394 g/mol. The number of carbonyl (C=O) groups excluding carboxylic acids is 4. The fraction of sp³-hybridized carbons (Fsp3) is 0.444. The van der Waals surface area contributed by atoms with Gasteiger partial charge in [-0.2, -0.15) is 0 Å². The number of hydrogen-bond acceptors (Lipinski definition) is 7. The SMILES string of the molecule is CC(C)COc1ccc(C(=O)OCC(=O)NCCN2C(=O)CSC2=O)cc1. The van der Waals surface area contributed by atoms with E-state index in [0.29, 0.717) is 23.8 Å². The number of thioether (sulfide) groups is 1. The zero-order chi connectivity index (χ0) is 19.8. The molecule has 146 valence electrons. The molecule has 0 radical (unpaired) electrons. The van der Waals surface area contributed by atoms with Gasteiger partial charge in [0.05, 0.1) is 17.9 Å². The van der Waals surface area contributed by atoms with Crippen molar-refractivity contribution in [2.45, 2.75) is 13.8 Å². The largest absolute Gasteiger partial charge is 0.493 e. The Morgan fingerprint density at radius 3 is 2.52 bits per heavy atom. The van der Waals surface area contributed by atoms with Crippen LogP contribution in [-0.2, 0) is 14.3 Å². The number of amides is 3. The number of imide groups is 1. The third-order valence-corrected chi connectivity index (χ3v) is 4.36. The summed E-state index contributed by atoms with van der Waals surface area (Å²) in [5.74, 6) is -0.220. The molecule has 0 aliphatic carbocycles. The van der Waals surface area contributed by atoms with Crippen molar-refractivity contribution in [3.63, 3.8) is 0 Å². The maximum Gasteiger partial charge on any atom is 0.338 e. The second kappa shape index (κ2) is 9.96. The Morgan fingerprint density at radius 1 is 1.22 bits per heavy atom. The fourth-order valence-corrected chi connectivity index (χ4v) is 2.87. The third-order valence-electron chi connectivity index (χ3n) is 3.51. The quantitative estimate of drug-likeness (QED) is 0.636. The van der Waals surface area contributed by atoms with Gasteiger partial charge in [-0.05, 0) is 30.2 Å². The Labute approximate surface area is 161 Å². The molecule has 1 aromatic rings. The highest BCUT2D eigenvalue weighted by Crippen LogP contribution is 2.17. The summed E-state index contributed by atoms with van der Waals surface area (Å²) in [6.07, 6.45) is 0. The smallest absolute Gasteiger partial charge is 0.338 e. The van der Waals surface area contributed by atoms with Crippen LogP contribution in [0.15, 0.2) is 24.3 Å². The lowest BCUT2D eigenvalue weighted by molar-refractivity contribution is -0.126. The van der Waals surface area contributed by atoms with Gasteiger partial charge in [-0.25, -0.2) is 4.79 Å². The van der Waals surface area contributed by atoms with Crippen molar-refractivity contribution in [1.82, 2.24) is 10.2 Å². The fourth-order valence-electron chi connectivity index (χ4n) is 2.12. The lowest BCUT2D eigenvalue weighted by atomic mass is 10.2. The normalized spacial score (nSPS) is 13.8. The molecule has 0 spiro atoms. The van der Waals surface area contributed by atoms with E-state index >= 15 is 0 Å². The average Bonchev–Trinajstić information content (AvgIpc) is 2.96. The number of esters is 1. The van der Waals surface area contributed by atoms with Crippen LogP contribution in [0.3, 0.4) is 0 Å². The summed E-state index contributed by atoms with van der Waals surface area (Å²) in [4.78, 5) is 47.6. The molecule has 3 amide bonds. The molecular weight excluding hydrogens is 372 g/mol. The van der Waals surface area contributed by atoms with Gasteiger partial charge in [0.25, 0.3) is 11.1 Å². The van der Waals surface area contributed by atoms with E-state index in [2.05, 4.69) is 5.32 Å². The van der Waals surface area contributed by atoms with E-state index in [1.54, 1.807) is 24.3 Å². The lowest BCUT2D eigenvalue weighted by Crippen LogP contribution is -2.38. The van der Waals surface area contributed by atoms with Crippen molar-refractivity contribution in [1.29, 1.82) is 0 Å². The van der Waals surface area contributed by atoms with Crippen LogP contribution in [0.4, 0.5) is 4.79 Å². The van der Waals surface area contributed by atoms with Gasteiger partial charge in [0.2, 0.25) is 5.91 Å². The van der Waals surface area contributed by atoms with Crippen LogP contribution in [0.5, 0.6) is 5.75 Å². The van der Waals surface area contributed by atoms with Crippen LogP contribution >= 0.6 is 11.8 Å². The molecule has 1 N–H and O–H groups in total. The van der Waals surface area contributed by atoms with Gasteiger partial charge in [0.1, 0.15) is 5.75 Å². The Morgan fingerprint density at radius 2 is 1.93 bits per heavy atom. The highest BCUT2D eigenvalue weighted by atomic mass is 32.2. The van der Waals surface area contributed by atoms with Crippen LogP contribution in [0.1, 0.15) is 24.2 Å². The van der Waals surface area contributed by atoms with Gasteiger partial charge >= 0.3 is 5.97 Å². The predicted molar refractivity (Wildman–Crippen MR) is 99.6 cm³/mol. The highest BCUT2D eigenvalue weighted by Gasteiger charge is 2.29. The maximum absolute atomic E-state index is 12.0. The first kappa shape index (κ1) is 20.8. The number of benzene rings is 1. The predicted octanol–water partition coefficient (Wildman–Crippen LogP) is 1.69. The van der Waals surface area contributed by atoms with Gasteiger partial charge in [-0.1, -0.05) is 25.6 Å². The highest BCUT2D eigenvalue weighted by molar-refractivity contribution is 8.14. The second-order valence-corrected chi connectivity index (χ2v) is 7.18. The minimum absolute atomic E-state index is 0.0994. The molecule has 1 aliphatic heterocycles. The summed E-state index contributed by atoms with van der Waals surface area (Å²) >= 11 is 0.936. The molecule has 0 saturated carbocycles. The summed E-state index contributed by atoms with van der Waals surface area (Å²) in [6, 6.07) is 6.47. The number of carbonyl (C=O) groups is 4. The van der Waals surface area contributed by atoms with Crippen LogP contribution < -0.4 is 10.1 Å². The molecule has 1 fully saturated rings. The van der Waals surface area contributed by atoms with Crippen molar-refractivity contribution >= 4 is 34.8 Å².